The van der Waals surface area contributed by atoms with Crippen LogP contribution in [-0.2, 0) is 16.7 Å². The molecule has 11 heteroatoms. The predicted molar refractivity (Wildman–Crippen MR) is 192 cm³/mol. The van der Waals surface area contributed by atoms with Crippen LogP contribution in [0.3, 0.4) is 0 Å². The smallest absolute Gasteiger partial charge is 0.255 e. The van der Waals surface area contributed by atoms with Gasteiger partial charge in [-0.2, -0.15) is 10.4 Å². The lowest BCUT2D eigenvalue weighted by molar-refractivity contribution is 0.102. The maximum Gasteiger partial charge on any atom is 0.255 e. The van der Waals surface area contributed by atoms with Crippen molar-refractivity contribution >= 4 is 34.3 Å². The number of hydrogen-bond donors (Lipinski definition) is 2. The van der Waals surface area contributed by atoms with Gasteiger partial charge in [-0.05, 0) is 87.3 Å². The average Bonchev–Trinajstić information content (AvgIpc) is 3.74. The third-order valence-corrected chi connectivity index (χ3v) is 8.84. The molecule has 3 aromatic heterocycles. The van der Waals surface area contributed by atoms with Crippen LogP contribution in [0.25, 0.3) is 5.65 Å². The van der Waals surface area contributed by atoms with Gasteiger partial charge in [0.25, 0.3) is 5.91 Å². The molecule has 1 saturated heterocycles. The number of carbonyl (C=O) groups is 1. The number of likely N-dealkylation sites (N-methyl/N-ethyl adjacent to an activating group) is 1. The lowest BCUT2D eigenvalue weighted by Gasteiger charge is -2.35. The Balaban J connectivity index is 1.22. The summed E-state index contributed by atoms with van der Waals surface area (Å²) in [5.74, 6) is 6.28. The summed E-state index contributed by atoms with van der Waals surface area (Å²) in [7, 11) is 3.79. The molecule has 1 amide bonds. The second-order valence-corrected chi connectivity index (χ2v) is 12.9. The number of piperazine rings is 1. The maximum absolute atomic E-state index is 13.6. The summed E-state index contributed by atoms with van der Waals surface area (Å²) < 4.78 is 8.90. The molecule has 0 atom stereocenters. The summed E-state index contributed by atoms with van der Waals surface area (Å²) in [4.78, 5) is 22.9. The summed E-state index contributed by atoms with van der Waals surface area (Å²) in [6, 6.07) is 17.8. The fourth-order valence-electron chi connectivity index (χ4n) is 5.68. The van der Waals surface area contributed by atoms with Crippen molar-refractivity contribution in [3.05, 3.63) is 101 Å². The van der Waals surface area contributed by atoms with E-state index in [4.69, 9.17) is 4.74 Å². The van der Waals surface area contributed by atoms with Crippen molar-refractivity contribution in [2.75, 3.05) is 62.5 Å². The number of aromatic nitrogens is 4. The van der Waals surface area contributed by atoms with E-state index in [0.717, 1.165) is 71.3 Å². The van der Waals surface area contributed by atoms with Crippen LogP contribution in [0.2, 0.25) is 0 Å². The maximum atomic E-state index is 13.6. The standard InChI is InChI=1S/C38H41N9O2/c1-27-8-9-29(37(48)43-31-20-30(38(2,3)26-39)21-34(22-31)45-15-13-44(4)14-16-45)19-28(27)10-11-33-24-40-36-35(7-6-12-47(33)36)42-32-23-41-46(25-32)17-18-49-5/h6-9,12,19-25,42H,13-18H2,1-5H3,(H,43,48). The van der Waals surface area contributed by atoms with E-state index in [-0.39, 0.29) is 5.91 Å². The van der Waals surface area contributed by atoms with Gasteiger partial charge in [-0.15, -0.1) is 0 Å². The number of imidazole rings is 1. The number of benzene rings is 2. The molecule has 4 heterocycles. The van der Waals surface area contributed by atoms with Gasteiger partial charge in [0.15, 0.2) is 5.65 Å². The summed E-state index contributed by atoms with van der Waals surface area (Å²) in [6.45, 7) is 10.7. The molecular formula is C38H41N9O2. The average molecular weight is 656 g/mol. The van der Waals surface area contributed by atoms with Gasteiger partial charge in [0, 0.05) is 68.2 Å². The number of amides is 1. The van der Waals surface area contributed by atoms with E-state index in [1.54, 1.807) is 19.5 Å². The van der Waals surface area contributed by atoms with E-state index >= 15 is 0 Å². The van der Waals surface area contributed by atoms with Gasteiger partial charge in [-0.3, -0.25) is 13.9 Å². The van der Waals surface area contributed by atoms with Crippen LogP contribution >= 0.6 is 0 Å². The fraction of sp³-hybridized carbons (Fsp3) is 0.316. The number of methoxy groups -OCH3 is 1. The second kappa shape index (κ2) is 14.2. The van der Waals surface area contributed by atoms with E-state index in [1.165, 1.54) is 0 Å². The summed E-state index contributed by atoms with van der Waals surface area (Å²) in [6.07, 6.45) is 7.36. The highest BCUT2D eigenvalue weighted by Gasteiger charge is 2.24. The minimum Gasteiger partial charge on any atom is -0.383 e. The first kappa shape index (κ1) is 33.3. The Morgan fingerprint density at radius 2 is 1.86 bits per heavy atom. The highest BCUT2D eigenvalue weighted by molar-refractivity contribution is 6.05. The molecule has 0 spiro atoms. The predicted octanol–water partition coefficient (Wildman–Crippen LogP) is 5.43. The van der Waals surface area contributed by atoms with Crippen LogP contribution in [0, 0.1) is 30.1 Å². The summed E-state index contributed by atoms with van der Waals surface area (Å²) in [5.41, 5.74) is 7.15. The topological polar surface area (TPSA) is 116 Å². The van der Waals surface area contributed by atoms with Crippen molar-refractivity contribution in [1.29, 1.82) is 5.26 Å². The van der Waals surface area contributed by atoms with Crippen LogP contribution in [0.4, 0.5) is 22.7 Å². The number of rotatable bonds is 9. The molecule has 2 aromatic carbocycles. The lowest BCUT2D eigenvalue weighted by atomic mass is 9.85. The van der Waals surface area contributed by atoms with Crippen molar-refractivity contribution in [2.24, 2.45) is 0 Å². The molecule has 1 aliphatic heterocycles. The molecular weight excluding hydrogens is 614 g/mol. The molecule has 2 N–H and O–H groups in total. The molecule has 6 rings (SSSR count). The highest BCUT2D eigenvalue weighted by atomic mass is 16.5. The van der Waals surface area contributed by atoms with Crippen LogP contribution in [0.5, 0.6) is 0 Å². The number of carbonyl (C=O) groups excluding carboxylic acids is 1. The Morgan fingerprint density at radius 3 is 2.63 bits per heavy atom. The summed E-state index contributed by atoms with van der Waals surface area (Å²) in [5, 5.41) is 20.7. The normalized spacial score (nSPS) is 13.5. The van der Waals surface area contributed by atoms with Crippen LogP contribution in [0.15, 0.2) is 73.3 Å². The first-order valence-electron chi connectivity index (χ1n) is 16.3. The Morgan fingerprint density at radius 1 is 1.04 bits per heavy atom. The lowest BCUT2D eigenvalue weighted by Crippen LogP contribution is -2.44. The Hall–Kier alpha value is -5.62. The number of ether oxygens (including phenoxy) is 1. The minimum absolute atomic E-state index is 0.240. The zero-order valence-electron chi connectivity index (χ0n) is 28.6. The van der Waals surface area contributed by atoms with Crippen LogP contribution in [0.1, 0.15) is 46.6 Å². The van der Waals surface area contributed by atoms with Gasteiger partial charge >= 0.3 is 0 Å². The molecule has 1 aliphatic rings. The highest BCUT2D eigenvalue weighted by Crippen LogP contribution is 2.31. The minimum atomic E-state index is -0.712. The Kier molecular flexibility index (Phi) is 9.68. The largest absolute Gasteiger partial charge is 0.383 e. The molecule has 49 heavy (non-hydrogen) atoms. The zero-order valence-corrected chi connectivity index (χ0v) is 28.6. The Bertz CT molecular complexity index is 2090. The third-order valence-electron chi connectivity index (χ3n) is 8.84. The number of pyridine rings is 1. The van der Waals surface area contributed by atoms with Crippen molar-refractivity contribution in [2.45, 2.75) is 32.7 Å². The van der Waals surface area contributed by atoms with Gasteiger partial charge in [0.05, 0.1) is 48.4 Å². The molecule has 11 nitrogen and oxygen atoms in total. The van der Waals surface area contributed by atoms with Gasteiger partial charge < -0.3 is 25.2 Å². The van der Waals surface area contributed by atoms with E-state index in [0.29, 0.717) is 24.4 Å². The van der Waals surface area contributed by atoms with Crippen molar-refractivity contribution in [1.82, 2.24) is 24.1 Å². The van der Waals surface area contributed by atoms with Crippen molar-refractivity contribution in [3.63, 3.8) is 0 Å². The van der Waals surface area contributed by atoms with Crippen LogP contribution in [-0.4, -0.2) is 76.9 Å². The van der Waals surface area contributed by atoms with Gasteiger partial charge in [-0.1, -0.05) is 12.0 Å². The van der Waals surface area contributed by atoms with E-state index in [2.05, 4.69) is 61.5 Å². The molecule has 0 bridgehead atoms. The first-order valence-corrected chi connectivity index (χ1v) is 16.3. The SMILES string of the molecule is COCCn1cc(Nc2cccn3c(C#Cc4cc(C(=O)Nc5cc(N6CCN(C)CC6)cc(C(C)(C)C#N)c5)ccc4C)cnc23)cn1. The summed E-state index contributed by atoms with van der Waals surface area (Å²) >= 11 is 0. The van der Waals surface area contributed by atoms with Gasteiger partial charge in [-0.25, -0.2) is 4.98 Å². The second-order valence-electron chi connectivity index (χ2n) is 12.9. The number of fused-ring (bicyclic) bond motifs is 1. The first-order chi connectivity index (χ1) is 23.6. The number of hydrogen-bond acceptors (Lipinski definition) is 8. The molecule has 0 saturated carbocycles. The third kappa shape index (κ3) is 7.60. The number of aryl methyl sites for hydroxylation is 1. The van der Waals surface area contributed by atoms with Gasteiger partial charge in [0.1, 0.15) is 5.69 Å². The van der Waals surface area contributed by atoms with Gasteiger partial charge in [0.2, 0.25) is 0 Å². The van der Waals surface area contributed by atoms with Crippen LogP contribution < -0.4 is 15.5 Å². The molecule has 5 aromatic rings. The molecule has 0 radical (unpaired) electrons. The number of nitriles is 1. The number of nitrogens with zero attached hydrogens (tertiary/aromatic N) is 7. The molecule has 1 fully saturated rings. The van der Waals surface area contributed by atoms with E-state index in [1.807, 2.05) is 84.7 Å². The number of anilines is 4. The fourth-order valence-corrected chi connectivity index (χ4v) is 5.68. The number of nitrogens with one attached hydrogen (secondary N) is 2. The monoisotopic (exact) mass is 655 g/mol. The van der Waals surface area contributed by atoms with E-state index in [9.17, 15) is 10.1 Å². The quantitative estimate of drug-likeness (QED) is 0.202. The van der Waals surface area contributed by atoms with Crippen molar-refractivity contribution in [3.8, 4) is 17.9 Å². The Labute approximate surface area is 287 Å². The molecule has 250 valence electrons. The molecule has 0 unspecified atom stereocenters. The van der Waals surface area contributed by atoms with E-state index < -0.39 is 5.41 Å². The molecule has 0 aliphatic carbocycles. The zero-order chi connectivity index (χ0) is 34.5. The van der Waals surface area contributed by atoms with Crippen molar-refractivity contribution < 1.29 is 9.53 Å².